The molecule has 25 heavy (non-hydrogen) atoms. The van der Waals surface area contributed by atoms with Crippen LogP contribution >= 0.6 is 11.8 Å². The number of hydrogen-bond acceptors (Lipinski definition) is 5. The molecule has 0 fully saturated rings. The summed E-state index contributed by atoms with van der Waals surface area (Å²) < 4.78 is 9.05. The first kappa shape index (κ1) is 17.7. The lowest BCUT2D eigenvalue weighted by Gasteiger charge is -2.11. The fourth-order valence-electron chi connectivity index (χ4n) is 2.69. The van der Waals surface area contributed by atoms with Crippen LogP contribution in [0.5, 0.6) is 0 Å². The molecule has 0 bridgehead atoms. The van der Waals surface area contributed by atoms with Crippen LogP contribution in [-0.2, 0) is 11.3 Å². The smallest absolute Gasteiger partial charge is 0.262 e. The Hall–Kier alpha value is -2.12. The van der Waals surface area contributed by atoms with Gasteiger partial charge >= 0.3 is 0 Å². The van der Waals surface area contributed by atoms with Gasteiger partial charge in [-0.1, -0.05) is 36.0 Å². The summed E-state index contributed by atoms with van der Waals surface area (Å²) in [6.07, 6.45) is 0.753. The normalized spacial score (nSPS) is 11.4. The molecule has 0 N–H and O–H groups in total. The zero-order valence-electron chi connectivity index (χ0n) is 14.6. The average molecular weight is 358 g/mol. The van der Waals surface area contributed by atoms with Crippen LogP contribution in [0.15, 0.2) is 46.4 Å². The van der Waals surface area contributed by atoms with E-state index in [4.69, 9.17) is 4.74 Å². The summed E-state index contributed by atoms with van der Waals surface area (Å²) >= 11 is 1.58. The molecule has 0 aliphatic rings. The van der Waals surface area contributed by atoms with Crippen molar-refractivity contribution in [3.63, 3.8) is 0 Å². The van der Waals surface area contributed by atoms with Gasteiger partial charge in [0, 0.05) is 25.5 Å². The van der Waals surface area contributed by atoms with Crippen molar-refractivity contribution in [3.05, 3.63) is 46.8 Å². The molecule has 0 aliphatic carbocycles. The molecular weight excluding hydrogens is 336 g/mol. The van der Waals surface area contributed by atoms with Crippen molar-refractivity contribution >= 4 is 28.4 Å². The highest BCUT2D eigenvalue weighted by Gasteiger charge is 2.16. The Kier molecular flexibility index (Phi) is 5.55. The van der Waals surface area contributed by atoms with Crippen molar-refractivity contribution in [2.45, 2.75) is 32.0 Å². The van der Waals surface area contributed by atoms with Crippen LogP contribution in [0.2, 0.25) is 0 Å². The molecule has 0 unspecified atom stereocenters. The highest BCUT2D eigenvalue weighted by molar-refractivity contribution is 7.99. The number of para-hydroxylation sites is 1. The summed E-state index contributed by atoms with van der Waals surface area (Å²) in [5.41, 5.74) is 1.86. The third-order valence-electron chi connectivity index (χ3n) is 3.80. The second-order valence-electron chi connectivity index (χ2n) is 5.89. The van der Waals surface area contributed by atoms with E-state index in [-0.39, 0.29) is 5.56 Å². The van der Waals surface area contributed by atoms with E-state index in [1.54, 1.807) is 16.3 Å². The lowest BCUT2D eigenvalue weighted by Crippen LogP contribution is -2.24. The van der Waals surface area contributed by atoms with E-state index in [0.29, 0.717) is 30.9 Å². The quantitative estimate of drug-likeness (QED) is 0.352. The Bertz CT molecular complexity index is 961. The maximum Gasteiger partial charge on any atom is 0.262 e. The van der Waals surface area contributed by atoms with Crippen LogP contribution in [0.25, 0.3) is 16.7 Å². The molecule has 0 saturated heterocycles. The van der Waals surface area contributed by atoms with Gasteiger partial charge in [-0.2, -0.15) is 0 Å². The van der Waals surface area contributed by atoms with Gasteiger partial charge in [0.05, 0.1) is 10.9 Å². The number of rotatable bonds is 8. The number of aromatic nitrogens is 4. The van der Waals surface area contributed by atoms with E-state index in [1.165, 1.54) is 0 Å². The van der Waals surface area contributed by atoms with Crippen molar-refractivity contribution in [2.24, 2.45) is 0 Å². The molecule has 1 aromatic carbocycles. The van der Waals surface area contributed by atoms with Gasteiger partial charge in [-0.3, -0.25) is 13.8 Å². The Morgan fingerprint density at radius 3 is 2.88 bits per heavy atom. The van der Waals surface area contributed by atoms with Crippen LogP contribution in [0, 0.1) is 0 Å². The van der Waals surface area contributed by atoms with Gasteiger partial charge in [0.2, 0.25) is 5.78 Å². The predicted molar refractivity (Wildman–Crippen MR) is 101 cm³/mol. The van der Waals surface area contributed by atoms with Gasteiger partial charge in [-0.15, -0.1) is 10.2 Å². The molecule has 0 radical (unpaired) electrons. The number of aryl methyl sites for hydroxylation is 1. The van der Waals surface area contributed by atoms with Crippen molar-refractivity contribution in [1.29, 1.82) is 0 Å². The fourth-order valence-corrected chi connectivity index (χ4v) is 3.47. The molecule has 0 amide bonds. The Morgan fingerprint density at radius 2 is 2.12 bits per heavy atom. The number of hydrogen-bond donors (Lipinski definition) is 0. The van der Waals surface area contributed by atoms with Gasteiger partial charge in [-0.25, -0.2) is 0 Å². The number of fused-ring (bicyclic) bond motifs is 3. The highest BCUT2D eigenvalue weighted by Crippen LogP contribution is 2.22. The van der Waals surface area contributed by atoms with E-state index < -0.39 is 0 Å². The minimum Gasteiger partial charge on any atom is -0.382 e. The predicted octanol–water partition coefficient (Wildman–Crippen LogP) is 3.14. The summed E-state index contributed by atoms with van der Waals surface area (Å²) in [6, 6.07) is 7.59. The van der Waals surface area contributed by atoms with Crippen molar-refractivity contribution < 1.29 is 4.74 Å². The molecule has 6 nitrogen and oxygen atoms in total. The topological polar surface area (TPSA) is 61.4 Å². The van der Waals surface area contributed by atoms with Crippen molar-refractivity contribution in [3.8, 4) is 0 Å². The lowest BCUT2D eigenvalue weighted by atomic mass is 10.2. The molecule has 0 aliphatic heterocycles. The maximum atomic E-state index is 12.9. The Labute approximate surface area is 150 Å². The van der Waals surface area contributed by atoms with Crippen LogP contribution in [0.4, 0.5) is 0 Å². The Morgan fingerprint density at radius 1 is 1.32 bits per heavy atom. The molecule has 0 atom stereocenters. The molecule has 7 heteroatoms. The second kappa shape index (κ2) is 7.84. The van der Waals surface area contributed by atoms with Gasteiger partial charge in [-0.05, 0) is 32.4 Å². The zero-order chi connectivity index (χ0) is 17.8. The van der Waals surface area contributed by atoms with Crippen molar-refractivity contribution in [1.82, 2.24) is 19.2 Å². The summed E-state index contributed by atoms with van der Waals surface area (Å²) in [4.78, 5) is 12.9. The summed E-state index contributed by atoms with van der Waals surface area (Å²) in [7, 11) is 0. The van der Waals surface area contributed by atoms with Gasteiger partial charge in [0.1, 0.15) is 0 Å². The molecule has 2 heterocycles. The number of benzene rings is 1. The maximum absolute atomic E-state index is 12.9. The average Bonchev–Trinajstić information content (AvgIpc) is 3.03. The van der Waals surface area contributed by atoms with Gasteiger partial charge in [0.25, 0.3) is 5.56 Å². The third-order valence-corrected chi connectivity index (χ3v) is 4.96. The van der Waals surface area contributed by atoms with Crippen LogP contribution in [-0.4, -0.2) is 38.1 Å². The van der Waals surface area contributed by atoms with E-state index in [2.05, 4.69) is 16.8 Å². The van der Waals surface area contributed by atoms with Crippen LogP contribution in [0.3, 0.4) is 0 Å². The molecule has 2 aromatic heterocycles. The molecule has 3 rings (SSSR count). The number of thioether (sulfide) groups is 1. The molecule has 0 saturated carbocycles. The van der Waals surface area contributed by atoms with E-state index in [9.17, 15) is 4.79 Å². The van der Waals surface area contributed by atoms with E-state index in [0.717, 1.165) is 28.4 Å². The monoisotopic (exact) mass is 358 g/mol. The highest BCUT2D eigenvalue weighted by atomic mass is 32.2. The van der Waals surface area contributed by atoms with Crippen molar-refractivity contribution in [2.75, 3.05) is 19.0 Å². The minimum atomic E-state index is -0.0385. The first-order valence-corrected chi connectivity index (χ1v) is 9.33. The number of ether oxygens (including phenoxy) is 1. The summed E-state index contributed by atoms with van der Waals surface area (Å²) in [6.45, 7) is 9.73. The van der Waals surface area contributed by atoms with Crippen LogP contribution < -0.4 is 5.56 Å². The van der Waals surface area contributed by atoms with E-state index in [1.807, 2.05) is 42.5 Å². The van der Waals surface area contributed by atoms with E-state index >= 15 is 0 Å². The summed E-state index contributed by atoms with van der Waals surface area (Å²) in [5, 5.41) is 10.0. The standard InChI is InChI=1S/C18H22N4O2S/c1-4-24-11-7-10-21-16(23)14-8-5-6-9-15(14)22-17(21)19-20-18(22)25-12-13(2)3/h5-6,8-9H,2,4,7,10-12H2,1,3H3. The van der Waals surface area contributed by atoms with Gasteiger partial charge in [0.15, 0.2) is 5.16 Å². The number of nitrogens with zero attached hydrogens (tertiary/aromatic N) is 4. The molecule has 3 aromatic rings. The molecule has 132 valence electrons. The first-order chi connectivity index (χ1) is 12.1. The van der Waals surface area contributed by atoms with Gasteiger partial charge < -0.3 is 4.74 Å². The largest absolute Gasteiger partial charge is 0.382 e. The SMILES string of the molecule is C=C(C)CSc1nnc2n(CCCOCC)c(=O)c3ccccc3n12. The third kappa shape index (κ3) is 3.62. The lowest BCUT2D eigenvalue weighted by molar-refractivity contribution is 0.141. The second-order valence-corrected chi connectivity index (χ2v) is 6.83. The zero-order valence-corrected chi connectivity index (χ0v) is 15.4. The fraction of sp³-hybridized carbons (Fsp3) is 0.389. The Balaban J connectivity index is 2.12. The first-order valence-electron chi connectivity index (χ1n) is 8.35. The summed E-state index contributed by atoms with van der Waals surface area (Å²) in [5.74, 6) is 1.34. The molecule has 0 spiro atoms. The van der Waals surface area contributed by atoms with Crippen LogP contribution in [0.1, 0.15) is 20.3 Å². The molecular formula is C18H22N4O2S. The minimum absolute atomic E-state index is 0.0385.